The zero-order chi connectivity index (χ0) is 13.2. The van der Waals surface area contributed by atoms with Crippen molar-refractivity contribution in [1.29, 1.82) is 0 Å². The number of alkyl halides is 1. The lowest BCUT2D eigenvalue weighted by Crippen LogP contribution is -2.55. The Morgan fingerprint density at radius 2 is 1.71 bits per heavy atom. The summed E-state index contributed by atoms with van der Waals surface area (Å²) in [5, 5.41) is 0. The molecular weight excluding hydrogens is 268 g/mol. The van der Waals surface area contributed by atoms with E-state index >= 15 is 0 Å². The molecule has 98 valence electrons. The molecule has 1 saturated carbocycles. The highest BCUT2D eigenvalue weighted by atomic mass is 32.5. The number of halogens is 6. The quantitative estimate of drug-likeness (QED) is 0.802. The highest BCUT2D eigenvalue weighted by Crippen LogP contribution is 3.02. The average molecular weight is 278 g/mol. The van der Waals surface area contributed by atoms with Crippen LogP contribution in [0.3, 0.4) is 0 Å². The minimum absolute atomic E-state index is 0.0449. The Morgan fingerprint density at radius 1 is 1.18 bits per heavy atom. The van der Waals surface area contributed by atoms with Gasteiger partial charge in [-0.05, 0) is 17.7 Å². The minimum atomic E-state index is -9.73. The van der Waals surface area contributed by atoms with Crippen molar-refractivity contribution in [2.45, 2.75) is 23.0 Å². The van der Waals surface area contributed by atoms with E-state index < -0.39 is 26.8 Å². The average Bonchev–Trinajstić information content (AvgIpc) is 2.73. The molecule has 0 radical (unpaired) electrons. The zero-order valence-corrected chi connectivity index (χ0v) is 9.29. The molecule has 2 rings (SSSR count). The number of benzene rings is 1. The van der Waals surface area contributed by atoms with Gasteiger partial charge in [0.1, 0.15) is 10.9 Å². The van der Waals surface area contributed by atoms with Crippen molar-refractivity contribution in [2.75, 3.05) is 0 Å². The molecule has 0 amide bonds. The third kappa shape index (κ3) is 2.23. The maximum Gasteiger partial charge on any atom is 0.310 e. The summed E-state index contributed by atoms with van der Waals surface area (Å²) in [5.74, 6) is 0. The molecule has 1 aliphatic carbocycles. The molecule has 0 aromatic heterocycles. The molecule has 1 fully saturated rings. The molecule has 0 bridgehead atoms. The Kier molecular flexibility index (Phi) is 1.91. The van der Waals surface area contributed by atoms with Crippen LogP contribution in [0.4, 0.5) is 23.8 Å². The van der Waals surface area contributed by atoms with Crippen LogP contribution in [0.15, 0.2) is 29.2 Å². The fourth-order valence-corrected chi connectivity index (χ4v) is 2.33. The summed E-state index contributed by atoms with van der Waals surface area (Å²) < 4.78 is 76.3. The van der Waals surface area contributed by atoms with E-state index in [2.05, 4.69) is 5.73 Å². The van der Waals surface area contributed by atoms with Crippen molar-refractivity contribution >= 4 is 10.2 Å². The van der Waals surface area contributed by atoms with Crippen LogP contribution in [0.5, 0.6) is 0 Å². The van der Waals surface area contributed by atoms with Crippen LogP contribution >= 0.6 is 10.2 Å². The van der Waals surface area contributed by atoms with E-state index in [4.69, 9.17) is 0 Å². The summed E-state index contributed by atoms with van der Waals surface area (Å²) in [7, 11) is -9.73. The molecule has 0 saturated heterocycles. The Balaban J connectivity index is 2.52. The lowest BCUT2D eigenvalue weighted by molar-refractivity contribution is -0.396. The van der Waals surface area contributed by atoms with Crippen LogP contribution in [0.2, 0.25) is 0 Å². The Labute approximate surface area is 93.3 Å². The van der Waals surface area contributed by atoms with Gasteiger partial charge in [-0.2, -0.15) is 0 Å². The molecule has 0 unspecified atom stereocenters. The SMILES string of the molecule is [NH3+][C@@H]1C[C@]1(F)c1cccc(S(F)(F)(F)(F)F)c1. The molecule has 8 heteroatoms. The van der Waals surface area contributed by atoms with E-state index in [0.29, 0.717) is 0 Å². The van der Waals surface area contributed by atoms with E-state index in [1.54, 1.807) is 0 Å². The van der Waals surface area contributed by atoms with Gasteiger partial charge in [0, 0.05) is 6.42 Å². The normalized spacial score (nSPS) is 32.8. The largest absolute Gasteiger partial charge is 0.352 e. The van der Waals surface area contributed by atoms with Crippen molar-refractivity contribution in [3.8, 4) is 0 Å². The molecule has 3 N–H and O–H groups in total. The van der Waals surface area contributed by atoms with Gasteiger partial charge in [-0.3, -0.25) is 0 Å². The van der Waals surface area contributed by atoms with Crippen LogP contribution < -0.4 is 5.73 Å². The Bertz CT molecular complexity index is 483. The third-order valence-corrected chi connectivity index (χ3v) is 3.93. The predicted molar refractivity (Wildman–Crippen MR) is 51.9 cm³/mol. The fourth-order valence-electron chi connectivity index (χ4n) is 1.65. The summed E-state index contributed by atoms with van der Waals surface area (Å²) in [6, 6.07) is 1.62. The van der Waals surface area contributed by atoms with E-state index in [0.717, 1.165) is 12.1 Å². The van der Waals surface area contributed by atoms with Crippen LogP contribution in [-0.4, -0.2) is 6.04 Å². The van der Waals surface area contributed by atoms with Gasteiger partial charge in [0.15, 0.2) is 5.67 Å². The maximum atomic E-state index is 13.8. The monoisotopic (exact) mass is 278 g/mol. The van der Waals surface area contributed by atoms with Crippen molar-refractivity contribution in [1.82, 2.24) is 0 Å². The molecule has 1 aliphatic rings. The molecule has 1 aromatic rings. The highest BCUT2D eigenvalue weighted by molar-refractivity contribution is 8.45. The van der Waals surface area contributed by atoms with Crippen LogP contribution in [-0.2, 0) is 5.67 Å². The summed E-state index contributed by atoms with van der Waals surface area (Å²) >= 11 is 0. The molecule has 0 heterocycles. The molecule has 1 aromatic carbocycles. The lowest BCUT2D eigenvalue weighted by atomic mass is 10.1. The highest BCUT2D eigenvalue weighted by Gasteiger charge is 2.66. The Morgan fingerprint density at radius 3 is 2.12 bits per heavy atom. The first-order valence-electron chi connectivity index (χ1n) is 4.69. The Hall–Kier alpha value is -0.890. The van der Waals surface area contributed by atoms with Crippen LogP contribution in [0.1, 0.15) is 12.0 Å². The van der Waals surface area contributed by atoms with Crippen molar-refractivity contribution in [2.24, 2.45) is 0 Å². The van der Waals surface area contributed by atoms with Gasteiger partial charge in [-0.15, -0.1) is 0 Å². The topological polar surface area (TPSA) is 27.6 Å². The van der Waals surface area contributed by atoms with E-state index in [9.17, 15) is 23.8 Å². The molecule has 0 aliphatic heterocycles. The predicted octanol–water partition coefficient (Wildman–Crippen LogP) is 3.52. The standard InChI is InChI=1S/C9H9F6NS/c10-9(5-8(9)16)6-2-1-3-7(4-6)17(11,12,13,14)15/h1-4,8H,5,16H2/p+1/t8-,9+/m1/s1. The van der Waals surface area contributed by atoms with Gasteiger partial charge < -0.3 is 5.73 Å². The first-order valence-corrected chi connectivity index (χ1v) is 6.65. The number of quaternary nitrogens is 1. The fraction of sp³-hybridized carbons (Fsp3) is 0.333. The van der Waals surface area contributed by atoms with Gasteiger partial charge >= 0.3 is 10.2 Å². The second-order valence-electron chi connectivity index (χ2n) is 4.26. The van der Waals surface area contributed by atoms with Gasteiger partial charge in [-0.1, -0.05) is 31.6 Å². The van der Waals surface area contributed by atoms with Gasteiger partial charge in [0.05, 0.1) is 0 Å². The summed E-state index contributed by atoms with van der Waals surface area (Å²) in [6.07, 6.45) is -0.0449. The van der Waals surface area contributed by atoms with Gasteiger partial charge in [-0.25, -0.2) is 4.39 Å². The molecular formula is C9H10F6NS+. The van der Waals surface area contributed by atoms with E-state index in [1.165, 1.54) is 0 Å². The summed E-state index contributed by atoms with van der Waals surface area (Å²) in [6.45, 7) is 0. The van der Waals surface area contributed by atoms with Gasteiger partial charge in [0.25, 0.3) is 0 Å². The number of rotatable bonds is 2. The van der Waals surface area contributed by atoms with Crippen LogP contribution in [0.25, 0.3) is 0 Å². The lowest BCUT2D eigenvalue weighted by Gasteiger charge is -2.40. The maximum absolute atomic E-state index is 13.8. The first kappa shape index (κ1) is 12.6. The number of hydrogen-bond acceptors (Lipinski definition) is 0. The minimum Gasteiger partial charge on any atom is -0.352 e. The van der Waals surface area contributed by atoms with E-state index in [1.807, 2.05) is 0 Å². The molecule has 1 nitrogen and oxygen atoms in total. The van der Waals surface area contributed by atoms with Crippen molar-refractivity contribution < 1.29 is 29.6 Å². The first-order chi connectivity index (χ1) is 7.33. The second-order valence-corrected chi connectivity index (χ2v) is 6.67. The third-order valence-electron chi connectivity index (χ3n) is 2.79. The zero-order valence-electron chi connectivity index (χ0n) is 8.48. The van der Waals surface area contributed by atoms with Gasteiger partial charge in [0.2, 0.25) is 0 Å². The molecule has 0 spiro atoms. The smallest absolute Gasteiger partial charge is 0.310 e. The summed E-state index contributed by atoms with van der Waals surface area (Å²) in [4.78, 5) is -2.06. The van der Waals surface area contributed by atoms with Crippen molar-refractivity contribution in [3.63, 3.8) is 0 Å². The van der Waals surface area contributed by atoms with E-state index in [-0.39, 0.29) is 24.1 Å². The molecule has 2 atom stereocenters. The second kappa shape index (κ2) is 2.59. The van der Waals surface area contributed by atoms with Crippen LogP contribution in [0, 0.1) is 0 Å². The number of hydrogen-bond donors (Lipinski definition) is 1. The molecule has 17 heavy (non-hydrogen) atoms. The van der Waals surface area contributed by atoms with Crippen molar-refractivity contribution in [3.05, 3.63) is 29.8 Å². The summed E-state index contributed by atoms with van der Waals surface area (Å²) in [5.41, 5.74) is 0.985.